The lowest BCUT2D eigenvalue weighted by atomic mass is 10.1. The van der Waals surface area contributed by atoms with E-state index in [4.69, 9.17) is 9.47 Å². The monoisotopic (exact) mass is 512 g/mol. The predicted octanol–water partition coefficient (Wildman–Crippen LogP) is 3.95. The largest absolute Gasteiger partial charge is 0.490 e. The van der Waals surface area contributed by atoms with Crippen molar-refractivity contribution in [3.63, 3.8) is 0 Å². The maximum Gasteiger partial charge on any atom is 0.268 e. The van der Waals surface area contributed by atoms with Crippen LogP contribution in [-0.2, 0) is 14.6 Å². The van der Waals surface area contributed by atoms with E-state index in [9.17, 15) is 18.5 Å². The Morgan fingerprint density at radius 2 is 1.83 bits per heavy atom. The van der Waals surface area contributed by atoms with Gasteiger partial charge in [-0.3, -0.25) is 10.1 Å². The summed E-state index contributed by atoms with van der Waals surface area (Å²) in [6.45, 7) is 6.22. The summed E-state index contributed by atoms with van der Waals surface area (Å²) in [4.78, 5) is 12.4. The van der Waals surface area contributed by atoms with E-state index in [0.717, 1.165) is 28.2 Å². The topological polar surface area (TPSA) is 131 Å². The van der Waals surface area contributed by atoms with E-state index < -0.39 is 15.7 Å². The molecule has 0 unspecified atom stereocenters. The Balaban J connectivity index is 1.56. The molecule has 35 heavy (non-hydrogen) atoms. The first-order valence-corrected chi connectivity index (χ1v) is 13.1. The molecule has 1 N–H and O–H groups in total. The minimum Gasteiger partial charge on any atom is -0.490 e. The lowest BCUT2D eigenvalue weighted by Gasteiger charge is -2.11. The summed E-state index contributed by atoms with van der Waals surface area (Å²) in [5.41, 5.74) is 2.62. The van der Waals surface area contributed by atoms with Crippen molar-refractivity contribution in [3.05, 3.63) is 64.7 Å². The van der Waals surface area contributed by atoms with Crippen LogP contribution in [0.1, 0.15) is 23.6 Å². The van der Waals surface area contributed by atoms with Gasteiger partial charge in [0.05, 0.1) is 5.75 Å². The Kier molecular flexibility index (Phi) is 8.57. The number of aromatic nitrogens is 2. The molecule has 0 atom stereocenters. The van der Waals surface area contributed by atoms with Crippen molar-refractivity contribution < 1.29 is 22.7 Å². The van der Waals surface area contributed by atoms with Crippen molar-refractivity contribution in [1.29, 1.82) is 5.26 Å². The fraction of sp³-hybridized carbons (Fsp3) is 0.250. The Morgan fingerprint density at radius 1 is 1.11 bits per heavy atom. The van der Waals surface area contributed by atoms with Crippen LogP contribution < -0.4 is 14.8 Å². The van der Waals surface area contributed by atoms with Crippen LogP contribution in [0.2, 0.25) is 0 Å². The van der Waals surface area contributed by atoms with Crippen molar-refractivity contribution in [2.45, 2.75) is 25.1 Å². The fourth-order valence-electron chi connectivity index (χ4n) is 2.82. The van der Waals surface area contributed by atoms with Crippen molar-refractivity contribution >= 4 is 38.3 Å². The molecule has 0 aliphatic heterocycles. The minimum absolute atomic E-state index is 0.00463. The Labute approximate surface area is 208 Å². The molecule has 182 valence electrons. The molecule has 11 heteroatoms. The third-order valence-electron chi connectivity index (χ3n) is 4.78. The molecule has 0 fully saturated rings. The SMILES string of the molecule is CCS(=O)(=O)c1nnc(NC(=O)C(C#N)=Cc2ccc(OCCOc3cc(C)ccc3C)cc2)s1. The van der Waals surface area contributed by atoms with E-state index in [1.807, 2.05) is 38.1 Å². The van der Waals surface area contributed by atoms with Crippen LogP contribution in [0.4, 0.5) is 5.13 Å². The van der Waals surface area contributed by atoms with E-state index in [0.29, 0.717) is 24.5 Å². The number of carbonyl (C=O) groups is 1. The maximum absolute atomic E-state index is 12.4. The number of ether oxygens (including phenoxy) is 2. The summed E-state index contributed by atoms with van der Waals surface area (Å²) in [5.74, 6) is 0.604. The summed E-state index contributed by atoms with van der Waals surface area (Å²) in [6.07, 6.45) is 1.41. The van der Waals surface area contributed by atoms with Gasteiger partial charge in [-0.1, -0.05) is 42.5 Å². The second-order valence-corrected chi connectivity index (χ2v) is 10.9. The maximum atomic E-state index is 12.4. The van der Waals surface area contributed by atoms with Gasteiger partial charge in [-0.2, -0.15) is 5.26 Å². The highest BCUT2D eigenvalue weighted by atomic mass is 32.2. The molecular formula is C24H24N4O5S2. The first-order valence-electron chi connectivity index (χ1n) is 10.6. The molecule has 1 aromatic heterocycles. The molecule has 9 nitrogen and oxygen atoms in total. The normalized spacial score (nSPS) is 11.5. The van der Waals surface area contributed by atoms with E-state index in [1.165, 1.54) is 13.0 Å². The van der Waals surface area contributed by atoms with Gasteiger partial charge >= 0.3 is 0 Å². The van der Waals surface area contributed by atoms with Crippen LogP contribution in [-0.4, -0.2) is 43.5 Å². The number of anilines is 1. The van der Waals surface area contributed by atoms with Gasteiger partial charge in [-0.15, -0.1) is 10.2 Å². The van der Waals surface area contributed by atoms with E-state index in [-0.39, 0.29) is 20.8 Å². The fourth-order valence-corrected chi connectivity index (χ4v) is 4.81. The third-order valence-corrected chi connectivity index (χ3v) is 7.80. The summed E-state index contributed by atoms with van der Waals surface area (Å²) < 4.78 is 35.0. The number of hydrogen-bond donors (Lipinski definition) is 1. The van der Waals surface area contributed by atoms with Gasteiger partial charge in [-0.25, -0.2) is 8.42 Å². The van der Waals surface area contributed by atoms with Gasteiger partial charge < -0.3 is 9.47 Å². The standard InChI is InChI=1S/C24H24N4O5S2/c1-4-35(30,31)24-28-27-23(34-24)26-22(29)19(15-25)14-18-7-9-20(10-8-18)32-11-12-33-21-13-16(2)5-6-17(21)3/h5-10,13-14H,4,11-12H2,1-3H3,(H,26,27,29). The van der Waals surface area contributed by atoms with Crippen LogP contribution in [0.5, 0.6) is 11.5 Å². The highest BCUT2D eigenvalue weighted by Gasteiger charge is 2.19. The number of nitrogens with zero attached hydrogens (tertiary/aromatic N) is 3. The summed E-state index contributed by atoms with van der Waals surface area (Å²) in [6, 6.07) is 14.7. The van der Waals surface area contributed by atoms with Gasteiger partial charge in [0.25, 0.3) is 5.91 Å². The molecule has 0 saturated carbocycles. The molecule has 0 spiro atoms. The predicted molar refractivity (Wildman–Crippen MR) is 133 cm³/mol. The minimum atomic E-state index is -3.52. The average Bonchev–Trinajstić information content (AvgIpc) is 3.32. The number of nitriles is 1. The van der Waals surface area contributed by atoms with E-state index in [1.54, 1.807) is 24.3 Å². The molecule has 0 saturated heterocycles. The molecule has 2 aromatic carbocycles. The van der Waals surface area contributed by atoms with Crippen LogP contribution in [0.15, 0.2) is 52.4 Å². The van der Waals surface area contributed by atoms with Gasteiger partial charge in [0.2, 0.25) is 19.3 Å². The number of hydrogen-bond acceptors (Lipinski definition) is 9. The molecule has 3 aromatic rings. The second kappa shape index (κ2) is 11.6. The summed E-state index contributed by atoms with van der Waals surface area (Å²) in [7, 11) is -3.52. The number of carbonyl (C=O) groups excluding carboxylic acids is 1. The molecule has 1 amide bonds. The molecule has 0 radical (unpaired) electrons. The van der Waals surface area contributed by atoms with Gasteiger partial charge in [0.1, 0.15) is 36.4 Å². The highest BCUT2D eigenvalue weighted by molar-refractivity contribution is 7.93. The molecule has 1 heterocycles. The smallest absolute Gasteiger partial charge is 0.268 e. The number of amides is 1. The highest BCUT2D eigenvalue weighted by Crippen LogP contribution is 2.22. The van der Waals surface area contributed by atoms with Crippen LogP contribution in [0, 0.1) is 25.2 Å². The number of nitrogens with one attached hydrogen (secondary N) is 1. The van der Waals surface area contributed by atoms with Crippen molar-refractivity contribution in [2.75, 3.05) is 24.3 Å². The Hall–Kier alpha value is -3.75. The molecule has 3 rings (SSSR count). The number of benzene rings is 2. The zero-order valence-corrected chi connectivity index (χ0v) is 21.1. The van der Waals surface area contributed by atoms with Gasteiger partial charge in [0.15, 0.2) is 0 Å². The first kappa shape index (κ1) is 25.9. The number of aryl methyl sites for hydroxylation is 2. The van der Waals surface area contributed by atoms with Crippen molar-refractivity contribution in [2.24, 2.45) is 0 Å². The van der Waals surface area contributed by atoms with E-state index in [2.05, 4.69) is 15.5 Å². The molecular weight excluding hydrogens is 488 g/mol. The van der Waals surface area contributed by atoms with Crippen LogP contribution >= 0.6 is 11.3 Å². The molecule has 0 aliphatic carbocycles. The average molecular weight is 513 g/mol. The van der Waals surface area contributed by atoms with Crippen LogP contribution in [0.25, 0.3) is 6.08 Å². The number of rotatable bonds is 10. The van der Waals surface area contributed by atoms with Gasteiger partial charge in [-0.05, 0) is 54.8 Å². The van der Waals surface area contributed by atoms with E-state index >= 15 is 0 Å². The Bertz CT molecular complexity index is 1370. The molecule has 0 bridgehead atoms. The van der Waals surface area contributed by atoms with Crippen molar-refractivity contribution in [3.8, 4) is 17.6 Å². The van der Waals surface area contributed by atoms with Gasteiger partial charge in [0, 0.05) is 0 Å². The first-order chi connectivity index (χ1) is 16.7. The van der Waals surface area contributed by atoms with Crippen LogP contribution in [0.3, 0.4) is 0 Å². The summed E-state index contributed by atoms with van der Waals surface area (Å²) >= 11 is 0.733. The Morgan fingerprint density at radius 3 is 2.51 bits per heavy atom. The number of sulfone groups is 1. The zero-order valence-electron chi connectivity index (χ0n) is 19.4. The van der Waals surface area contributed by atoms with Crippen molar-refractivity contribution in [1.82, 2.24) is 10.2 Å². The lowest BCUT2D eigenvalue weighted by molar-refractivity contribution is -0.112. The molecule has 0 aliphatic rings. The lowest BCUT2D eigenvalue weighted by Crippen LogP contribution is -2.13. The quantitative estimate of drug-likeness (QED) is 0.187. The zero-order chi connectivity index (χ0) is 25.4. The summed E-state index contributed by atoms with van der Waals surface area (Å²) in [5, 5.41) is 19.0. The third kappa shape index (κ3) is 7.11. The second-order valence-electron chi connectivity index (χ2n) is 7.44.